The van der Waals surface area contributed by atoms with Gasteiger partial charge in [-0.15, -0.1) is 6.58 Å². The van der Waals surface area contributed by atoms with Gasteiger partial charge in [0.25, 0.3) is 0 Å². The van der Waals surface area contributed by atoms with Crippen LogP contribution in [0.25, 0.3) is 0 Å². The molecule has 0 radical (unpaired) electrons. The second-order valence-corrected chi connectivity index (χ2v) is 4.16. The molecule has 0 aliphatic heterocycles. The van der Waals surface area contributed by atoms with Crippen molar-refractivity contribution in [3.63, 3.8) is 0 Å². The number of unbranched alkanes of at least 4 members (excludes halogenated alkanes) is 2. The van der Waals surface area contributed by atoms with Crippen LogP contribution < -0.4 is 0 Å². The summed E-state index contributed by atoms with van der Waals surface area (Å²) in [4.78, 5) is 11.6. The van der Waals surface area contributed by atoms with Crippen LogP contribution >= 0.6 is 0 Å². The first kappa shape index (κ1) is 14.2. The lowest BCUT2D eigenvalue weighted by Gasteiger charge is -2.15. The number of esters is 1. The molecule has 0 heterocycles. The Morgan fingerprint density at radius 3 is 2.53 bits per heavy atom. The smallest absolute Gasteiger partial charge is 0.309 e. The van der Waals surface area contributed by atoms with Crippen LogP contribution in [0.15, 0.2) is 12.7 Å². The Labute approximate surface area is 93.7 Å². The van der Waals surface area contributed by atoms with E-state index in [4.69, 9.17) is 4.74 Å². The molecule has 0 rings (SSSR count). The molecule has 0 saturated carbocycles. The predicted molar refractivity (Wildman–Crippen MR) is 63.7 cm³/mol. The molecule has 88 valence electrons. The number of ether oxygens (including phenoxy) is 1. The van der Waals surface area contributed by atoms with E-state index in [9.17, 15) is 4.79 Å². The largest absolute Gasteiger partial charge is 0.463 e. The maximum Gasteiger partial charge on any atom is 0.309 e. The van der Waals surface area contributed by atoms with E-state index in [-0.39, 0.29) is 18.0 Å². The first-order chi connectivity index (χ1) is 7.11. The van der Waals surface area contributed by atoms with E-state index in [0.717, 1.165) is 32.1 Å². The minimum atomic E-state index is -0.0360. The lowest BCUT2D eigenvalue weighted by molar-refractivity contribution is -0.152. The molecule has 1 atom stereocenters. The van der Waals surface area contributed by atoms with E-state index in [1.807, 2.05) is 26.8 Å². The Hall–Kier alpha value is -0.790. The quantitative estimate of drug-likeness (QED) is 0.348. The third-order valence-electron chi connectivity index (χ3n) is 2.39. The molecule has 0 fully saturated rings. The molecule has 0 N–H and O–H groups in total. The van der Waals surface area contributed by atoms with Crippen LogP contribution in [0.4, 0.5) is 0 Å². The van der Waals surface area contributed by atoms with Gasteiger partial charge in [0, 0.05) is 0 Å². The SMILES string of the molecule is C=CCCCCC(CC)C(=O)OC(C)C. The van der Waals surface area contributed by atoms with Crippen LogP contribution in [0, 0.1) is 5.92 Å². The molecule has 0 aliphatic carbocycles. The van der Waals surface area contributed by atoms with Gasteiger partial charge in [-0.05, 0) is 39.5 Å². The van der Waals surface area contributed by atoms with Gasteiger partial charge in [-0.25, -0.2) is 0 Å². The van der Waals surface area contributed by atoms with Gasteiger partial charge in [-0.2, -0.15) is 0 Å². The average molecular weight is 212 g/mol. The Morgan fingerprint density at radius 1 is 1.40 bits per heavy atom. The number of hydrogen-bond donors (Lipinski definition) is 0. The minimum absolute atomic E-state index is 0.000254. The van der Waals surface area contributed by atoms with E-state index < -0.39 is 0 Å². The van der Waals surface area contributed by atoms with E-state index in [0.29, 0.717) is 0 Å². The van der Waals surface area contributed by atoms with Crippen molar-refractivity contribution in [2.24, 2.45) is 5.92 Å². The summed E-state index contributed by atoms with van der Waals surface area (Å²) in [5.74, 6) is 0.0447. The Kier molecular flexibility index (Phi) is 8.06. The van der Waals surface area contributed by atoms with Crippen molar-refractivity contribution in [2.45, 2.75) is 59.0 Å². The number of carbonyl (C=O) groups is 1. The molecule has 0 amide bonds. The fraction of sp³-hybridized carbons (Fsp3) is 0.769. The highest BCUT2D eigenvalue weighted by molar-refractivity contribution is 5.72. The fourth-order valence-corrected chi connectivity index (χ4v) is 1.50. The van der Waals surface area contributed by atoms with Gasteiger partial charge in [0.1, 0.15) is 0 Å². The van der Waals surface area contributed by atoms with Crippen LogP contribution in [-0.4, -0.2) is 12.1 Å². The zero-order valence-electron chi connectivity index (χ0n) is 10.3. The van der Waals surface area contributed by atoms with E-state index in [1.54, 1.807) is 0 Å². The number of allylic oxidation sites excluding steroid dienone is 1. The summed E-state index contributed by atoms with van der Waals surface area (Å²) in [5.41, 5.74) is 0. The summed E-state index contributed by atoms with van der Waals surface area (Å²) in [6.07, 6.45) is 6.98. The number of hydrogen-bond acceptors (Lipinski definition) is 2. The maximum atomic E-state index is 11.6. The molecule has 0 aromatic heterocycles. The maximum absolute atomic E-state index is 11.6. The highest BCUT2D eigenvalue weighted by Crippen LogP contribution is 2.16. The molecule has 0 bridgehead atoms. The van der Waals surface area contributed by atoms with Crippen molar-refractivity contribution in [3.05, 3.63) is 12.7 Å². The fourth-order valence-electron chi connectivity index (χ4n) is 1.50. The van der Waals surface area contributed by atoms with Crippen molar-refractivity contribution in [3.8, 4) is 0 Å². The van der Waals surface area contributed by atoms with Crippen molar-refractivity contribution >= 4 is 5.97 Å². The molecule has 0 aromatic carbocycles. The zero-order valence-corrected chi connectivity index (χ0v) is 10.3. The first-order valence-corrected chi connectivity index (χ1v) is 5.93. The molecule has 0 spiro atoms. The normalized spacial score (nSPS) is 12.5. The molecule has 1 unspecified atom stereocenters. The van der Waals surface area contributed by atoms with Crippen LogP contribution in [0.1, 0.15) is 52.9 Å². The van der Waals surface area contributed by atoms with E-state index in [1.165, 1.54) is 0 Å². The second kappa shape index (κ2) is 8.51. The van der Waals surface area contributed by atoms with E-state index in [2.05, 4.69) is 6.58 Å². The topological polar surface area (TPSA) is 26.3 Å². The zero-order chi connectivity index (χ0) is 11.7. The number of carbonyl (C=O) groups excluding carboxylic acids is 1. The van der Waals surface area contributed by atoms with Crippen LogP contribution in [-0.2, 0) is 9.53 Å². The summed E-state index contributed by atoms with van der Waals surface area (Å²) in [6, 6.07) is 0. The monoisotopic (exact) mass is 212 g/mol. The molecule has 0 saturated heterocycles. The standard InChI is InChI=1S/C13H24O2/c1-5-7-8-9-10-12(6-2)13(14)15-11(3)4/h5,11-12H,1,6-10H2,2-4H3. The van der Waals surface area contributed by atoms with Crippen LogP contribution in [0.2, 0.25) is 0 Å². The molecule has 15 heavy (non-hydrogen) atoms. The molecular weight excluding hydrogens is 188 g/mol. The molecular formula is C13H24O2. The van der Waals surface area contributed by atoms with Crippen molar-refractivity contribution < 1.29 is 9.53 Å². The van der Waals surface area contributed by atoms with Gasteiger partial charge in [-0.3, -0.25) is 4.79 Å². The Morgan fingerprint density at radius 2 is 2.07 bits per heavy atom. The lowest BCUT2D eigenvalue weighted by atomic mass is 9.99. The minimum Gasteiger partial charge on any atom is -0.463 e. The van der Waals surface area contributed by atoms with Crippen molar-refractivity contribution in [2.75, 3.05) is 0 Å². The van der Waals surface area contributed by atoms with Gasteiger partial charge in [0.05, 0.1) is 12.0 Å². The predicted octanol–water partition coefficient (Wildman–Crippen LogP) is 3.71. The van der Waals surface area contributed by atoms with Gasteiger partial charge in [-0.1, -0.05) is 19.4 Å². The molecule has 2 nitrogen and oxygen atoms in total. The van der Waals surface area contributed by atoms with Crippen LogP contribution in [0.5, 0.6) is 0 Å². The second-order valence-electron chi connectivity index (χ2n) is 4.16. The highest BCUT2D eigenvalue weighted by atomic mass is 16.5. The van der Waals surface area contributed by atoms with Gasteiger partial charge in [0.15, 0.2) is 0 Å². The molecule has 0 aliphatic rings. The van der Waals surface area contributed by atoms with Gasteiger partial charge >= 0.3 is 5.97 Å². The molecule has 2 heteroatoms. The average Bonchev–Trinajstić information content (AvgIpc) is 2.16. The lowest BCUT2D eigenvalue weighted by Crippen LogP contribution is -2.20. The summed E-state index contributed by atoms with van der Waals surface area (Å²) < 4.78 is 5.20. The summed E-state index contributed by atoms with van der Waals surface area (Å²) in [5, 5.41) is 0. The van der Waals surface area contributed by atoms with Gasteiger partial charge < -0.3 is 4.74 Å². The Balaban J connectivity index is 3.80. The Bertz CT molecular complexity index is 185. The van der Waals surface area contributed by atoms with Crippen molar-refractivity contribution in [1.29, 1.82) is 0 Å². The van der Waals surface area contributed by atoms with E-state index >= 15 is 0 Å². The summed E-state index contributed by atoms with van der Waals surface area (Å²) in [6.45, 7) is 9.50. The van der Waals surface area contributed by atoms with Crippen molar-refractivity contribution in [1.82, 2.24) is 0 Å². The first-order valence-electron chi connectivity index (χ1n) is 5.93. The summed E-state index contributed by atoms with van der Waals surface area (Å²) in [7, 11) is 0. The summed E-state index contributed by atoms with van der Waals surface area (Å²) >= 11 is 0. The third kappa shape index (κ3) is 7.18. The number of rotatable bonds is 8. The highest BCUT2D eigenvalue weighted by Gasteiger charge is 2.18. The third-order valence-corrected chi connectivity index (χ3v) is 2.39. The van der Waals surface area contributed by atoms with Gasteiger partial charge in [0.2, 0.25) is 0 Å². The van der Waals surface area contributed by atoms with Crippen LogP contribution in [0.3, 0.4) is 0 Å². The molecule has 0 aromatic rings.